The van der Waals surface area contributed by atoms with Crippen LogP contribution in [0, 0.1) is 125 Å². The van der Waals surface area contributed by atoms with Gasteiger partial charge in [0.2, 0.25) is 0 Å². The summed E-state index contributed by atoms with van der Waals surface area (Å²) >= 11 is 0. The number of aryl methyl sites for hydroxylation is 18. The molecule has 0 aromatic heterocycles. The standard InChI is InChI=1S/3C16H14.6C14H14/c1-11-3-5-13-10-16-8-12(2)4-6-14(16)9-15(13)7-11;1-11-7-15-9-13-5-3-4-6-14(13)10-16(15)8-12(11)2;1-11-7-8-12(2)16-10-14-6-4-3-5-13(14)9-15(11)16;1-11-3-7-13(8-4-11)14-9-5-12(2)6-10-14;1-11-5-3-7-13(9-11)14-8-4-6-12(2)10-14;1-11-7-3-5-9-13(11)14-10-6-4-8-12(14)2;1-11-6-5-8-13(10-11)14-9-4-3-7-12(14)2;1-11-6-8-13(9-7-11)14-5-3-4-12(2)10-14;1-11-7-9-13(10-8-11)14-6-4-3-5-12(14)2/h3*3-10H,1-2H3;6*3-10H,1-2H3. The molecule has 0 N–H and O–H groups in total. The quantitative estimate of drug-likeness (QED) is 0.146. The first-order valence-corrected chi connectivity index (χ1v) is 46.3. The van der Waals surface area contributed by atoms with Crippen molar-refractivity contribution in [3.05, 3.63) is 537 Å². The van der Waals surface area contributed by atoms with Gasteiger partial charge in [0, 0.05) is 0 Å². The van der Waals surface area contributed by atoms with Gasteiger partial charge < -0.3 is 0 Å². The second-order valence-electron chi connectivity index (χ2n) is 35.7. The second kappa shape index (κ2) is 45.9. The first-order valence-electron chi connectivity index (χ1n) is 46.3. The van der Waals surface area contributed by atoms with E-state index in [1.54, 1.807) is 0 Å². The Morgan fingerprint density at radius 3 is 0.644 bits per heavy atom. The molecule has 0 radical (unpaired) electrons. The van der Waals surface area contributed by atoms with Crippen LogP contribution in [0.5, 0.6) is 0 Å². The van der Waals surface area contributed by atoms with Crippen molar-refractivity contribution in [2.45, 2.75) is 125 Å². The lowest BCUT2D eigenvalue weighted by molar-refractivity contribution is 1.37. The number of hydrogen-bond donors (Lipinski definition) is 0. The van der Waals surface area contributed by atoms with Crippen molar-refractivity contribution in [2.75, 3.05) is 0 Å². The SMILES string of the molecule is Cc1cc2cc3ccccc3cc2cc1C.Cc1ccc(-c2ccc(C)cc2)cc1.Cc1ccc(-c2cccc(C)c2)cc1.Cc1ccc(-c2ccccc2C)cc1.Cc1ccc(C)c2cc3ccccc3cc12.Cc1ccc2cc3cc(C)ccc3cc2c1.Cc1cccc(-c2cccc(C)c2)c1.Cc1cccc(-c2ccccc2C)c1.Cc1ccccc1-c1ccccc1C. The molecule has 21 aromatic carbocycles. The Hall–Kier alpha value is -14.8. The van der Waals surface area contributed by atoms with Crippen molar-refractivity contribution in [1.29, 1.82) is 0 Å². The topological polar surface area (TPSA) is 0 Å². The van der Waals surface area contributed by atoms with Crippen LogP contribution in [-0.4, -0.2) is 0 Å². The Labute approximate surface area is 787 Å². The fourth-order valence-electron chi connectivity index (χ4n) is 16.6. The molecule has 21 rings (SSSR count). The predicted molar refractivity (Wildman–Crippen MR) is 581 cm³/mol. The summed E-state index contributed by atoms with van der Waals surface area (Å²) in [4.78, 5) is 0. The van der Waals surface area contributed by atoms with E-state index >= 15 is 0 Å². The van der Waals surface area contributed by atoms with Crippen molar-refractivity contribution in [1.82, 2.24) is 0 Å². The predicted octanol–water partition coefficient (Wildman–Crippen LogP) is 37.7. The summed E-state index contributed by atoms with van der Waals surface area (Å²) in [6.45, 7) is 38.5. The minimum absolute atomic E-state index is 1.29. The summed E-state index contributed by atoms with van der Waals surface area (Å²) in [7, 11) is 0. The molecule has 0 nitrogen and oxygen atoms in total. The van der Waals surface area contributed by atoms with Crippen LogP contribution >= 0.6 is 0 Å². The lowest BCUT2D eigenvalue weighted by atomic mass is 9.97. The molecule has 0 unspecified atom stereocenters. The Bertz CT molecular complexity index is 7110. The molecule has 654 valence electrons. The molecule has 0 aliphatic rings. The lowest BCUT2D eigenvalue weighted by Crippen LogP contribution is -1.85. The molecular weight excluding hydrogens is 1590 g/mol. The van der Waals surface area contributed by atoms with Gasteiger partial charge in [-0.25, -0.2) is 0 Å². The van der Waals surface area contributed by atoms with E-state index in [0.29, 0.717) is 0 Å². The third-order valence-corrected chi connectivity index (χ3v) is 24.5. The summed E-state index contributed by atoms with van der Waals surface area (Å²) in [5.41, 5.74) is 39.6. The van der Waals surface area contributed by atoms with E-state index in [-0.39, 0.29) is 0 Å². The third kappa shape index (κ3) is 26.5. The highest BCUT2D eigenvalue weighted by atomic mass is 14.1. The molecule has 132 heavy (non-hydrogen) atoms. The Morgan fingerprint density at radius 2 is 0.326 bits per heavy atom. The van der Waals surface area contributed by atoms with Gasteiger partial charge in [-0.05, 0) is 337 Å². The third-order valence-electron chi connectivity index (χ3n) is 24.5. The van der Waals surface area contributed by atoms with E-state index in [1.807, 2.05) is 0 Å². The Balaban J connectivity index is 0.000000126. The number of benzene rings is 21. The van der Waals surface area contributed by atoms with Gasteiger partial charge in [0.05, 0.1) is 0 Å². The Morgan fingerprint density at radius 1 is 0.0985 bits per heavy atom. The van der Waals surface area contributed by atoms with Gasteiger partial charge in [-0.3, -0.25) is 0 Å². The molecule has 0 spiro atoms. The Kier molecular flexibility index (Phi) is 33.0. The molecule has 0 saturated heterocycles. The van der Waals surface area contributed by atoms with Crippen molar-refractivity contribution in [3.8, 4) is 66.8 Å². The van der Waals surface area contributed by atoms with E-state index < -0.39 is 0 Å². The number of hydrogen-bond acceptors (Lipinski definition) is 0. The molecule has 0 heteroatoms. The summed E-state index contributed by atoms with van der Waals surface area (Å²) in [6, 6.07) is 156. The molecular formula is C132H126. The molecule has 0 amide bonds. The van der Waals surface area contributed by atoms with Gasteiger partial charge in [0.1, 0.15) is 0 Å². The molecule has 21 aromatic rings. The summed E-state index contributed by atoms with van der Waals surface area (Å²) in [5.74, 6) is 0. The summed E-state index contributed by atoms with van der Waals surface area (Å²) in [6.07, 6.45) is 0. The van der Waals surface area contributed by atoms with Crippen LogP contribution in [0.15, 0.2) is 437 Å². The zero-order valence-corrected chi connectivity index (χ0v) is 80.6. The smallest absolute Gasteiger partial charge is 0.0146 e. The maximum Gasteiger partial charge on any atom is -0.0146 e. The van der Waals surface area contributed by atoms with Gasteiger partial charge >= 0.3 is 0 Å². The molecule has 0 aliphatic carbocycles. The first-order chi connectivity index (χ1) is 63.8. The van der Waals surface area contributed by atoms with Crippen LogP contribution in [0.2, 0.25) is 0 Å². The van der Waals surface area contributed by atoms with Gasteiger partial charge in [-0.2, -0.15) is 0 Å². The summed E-state index contributed by atoms with van der Waals surface area (Å²) < 4.78 is 0. The normalized spacial score (nSPS) is 10.5. The van der Waals surface area contributed by atoms with Crippen LogP contribution in [0.1, 0.15) is 100 Å². The average Bonchev–Trinajstić information content (AvgIpc) is 0.784. The summed E-state index contributed by atoms with van der Waals surface area (Å²) in [5, 5.41) is 16.0. The molecule has 0 fully saturated rings. The second-order valence-corrected chi connectivity index (χ2v) is 35.7. The molecule has 0 bridgehead atoms. The zero-order valence-electron chi connectivity index (χ0n) is 80.6. The monoisotopic (exact) mass is 1710 g/mol. The van der Waals surface area contributed by atoms with Crippen LogP contribution in [0.25, 0.3) is 131 Å². The fourth-order valence-corrected chi connectivity index (χ4v) is 16.6. The molecule has 0 atom stereocenters. The molecule has 0 saturated carbocycles. The van der Waals surface area contributed by atoms with Crippen molar-refractivity contribution >= 4 is 64.6 Å². The molecule has 0 aliphatic heterocycles. The highest BCUT2D eigenvalue weighted by Crippen LogP contribution is 2.33. The van der Waals surface area contributed by atoms with E-state index in [0.717, 1.165) is 0 Å². The lowest BCUT2D eigenvalue weighted by Gasteiger charge is -2.08. The minimum atomic E-state index is 1.29. The highest BCUT2D eigenvalue weighted by Gasteiger charge is 2.09. The van der Waals surface area contributed by atoms with Gasteiger partial charge in [-0.15, -0.1) is 0 Å². The van der Waals surface area contributed by atoms with E-state index in [1.165, 1.54) is 232 Å². The molecule has 0 heterocycles. The van der Waals surface area contributed by atoms with E-state index in [4.69, 9.17) is 0 Å². The van der Waals surface area contributed by atoms with Gasteiger partial charge in [0.25, 0.3) is 0 Å². The van der Waals surface area contributed by atoms with Gasteiger partial charge in [-0.1, -0.05) is 456 Å². The van der Waals surface area contributed by atoms with Crippen molar-refractivity contribution < 1.29 is 0 Å². The van der Waals surface area contributed by atoms with E-state index in [2.05, 4.69) is 561 Å². The largest absolute Gasteiger partial charge is 0.0620 e. The highest BCUT2D eigenvalue weighted by molar-refractivity contribution is 6.02. The van der Waals surface area contributed by atoms with Crippen molar-refractivity contribution in [2.24, 2.45) is 0 Å². The van der Waals surface area contributed by atoms with Crippen LogP contribution < -0.4 is 0 Å². The van der Waals surface area contributed by atoms with Crippen LogP contribution in [0.3, 0.4) is 0 Å². The maximum atomic E-state index is 2.30. The fraction of sp³-hybridized carbons (Fsp3) is 0.136. The first kappa shape index (κ1) is 94.8. The van der Waals surface area contributed by atoms with E-state index in [9.17, 15) is 0 Å². The maximum absolute atomic E-state index is 2.30. The number of fused-ring (bicyclic) bond motifs is 6. The van der Waals surface area contributed by atoms with Crippen LogP contribution in [0.4, 0.5) is 0 Å². The van der Waals surface area contributed by atoms with Crippen molar-refractivity contribution in [3.63, 3.8) is 0 Å². The van der Waals surface area contributed by atoms with Gasteiger partial charge in [0.15, 0.2) is 0 Å². The van der Waals surface area contributed by atoms with Crippen LogP contribution in [-0.2, 0) is 0 Å². The zero-order chi connectivity index (χ0) is 93.2. The minimum Gasteiger partial charge on any atom is -0.0620 e. The number of rotatable bonds is 6. The average molecular weight is 1710 g/mol.